The molecule has 0 bridgehead atoms. The molecule has 2 aromatic rings. The zero-order valence-corrected chi connectivity index (χ0v) is 13.8. The van der Waals surface area contributed by atoms with Crippen LogP contribution in [0.4, 0.5) is 4.39 Å². The normalized spacial score (nSPS) is 17.6. The number of hydrogen-bond donors (Lipinski definition) is 0. The lowest BCUT2D eigenvalue weighted by molar-refractivity contribution is 0.0390. The van der Waals surface area contributed by atoms with Gasteiger partial charge in [0.05, 0.1) is 13.2 Å². The summed E-state index contributed by atoms with van der Waals surface area (Å²) < 4.78 is 19.0. The predicted octanol–water partition coefficient (Wildman–Crippen LogP) is 4.15. The van der Waals surface area contributed by atoms with E-state index in [1.165, 1.54) is 22.8 Å². The minimum Gasteiger partial charge on any atom is -0.379 e. The number of benzene rings is 2. The Kier molecular flexibility index (Phi) is 4.46. The van der Waals surface area contributed by atoms with E-state index in [0.29, 0.717) is 0 Å². The number of hydrogen-bond acceptors (Lipinski definition) is 2. The topological polar surface area (TPSA) is 12.5 Å². The van der Waals surface area contributed by atoms with E-state index in [0.717, 1.165) is 56.8 Å². The minimum absolute atomic E-state index is 0.177. The van der Waals surface area contributed by atoms with E-state index in [2.05, 4.69) is 29.2 Å². The number of fused-ring (bicyclic) bond motifs is 1. The molecular formula is C21H22FNO. The van der Waals surface area contributed by atoms with Gasteiger partial charge in [0.25, 0.3) is 0 Å². The van der Waals surface area contributed by atoms with Gasteiger partial charge >= 0.3 is 0 Å². The molecule has 0 amide bonds. The maximum absolute atomic E-state index is 13.6. The molecule has 1 fully saturated rings. The van der Waals surface area contributed by atoms with Gasteiger partial charge in [-0.15, -0.1) is 0 Å². The zero-order valence-electron chi connectivity index (χ0n) is 13.8. The number of nitrogens with zero attached hydrogens (tertiary/aromatic N) is 1. The highest BCUT2D eigenvalue weighted by molar-refractivity contribution is 5.81. The molecule has 0 unspecified atom stereocenters. The fourth-order valence-electron chi connectivity index (χ4n) is 3.71. The Morgan fingerprint density at radius 2 is 1.79 bits per heavy atom. The molecule has 1 saturated heterocycles. The molecule has 124 valence electrons. The first-order valence-corrected chi connectivity index (χ1v) is 8.68. The van der Waals surface area contributed by atoms with Crippen molar-refractivity contribution in [3.63, 3.8) is 0 Å². The molecule has 24 heavy (non-hydrogen) atoms. The second kappa shape index (κ2) is 6.88. The van der Waals surface area contributed by atoms with Crippen molar-refractivity contribution in [1.29, 1.82) is 0 Å². The summed E-state index contributed by atoms with van der Waals surface area (Å²) in [5, 5.41) is 0. The Morgan fingerprint density at radius 3 is 2.62 bits per heavy atom. The zero-order chi connectivity index (χ0) is 16.4. The molecule has 0 aromatic heterocycles. The van der Waals surface area contributed by atoms with E-state index in [1.54, 1.807) is 12.1 Å². The number of allylic oxidation sites excluding steroid dienone is 1. The van der Waals surface area contributed by atoms with Gasteiger partial charge in [-0.2, -0.15) is 0 Å². The van der Waals surface area contributed by atoms with Crippen LogP contribution in [0.1, 0.15) is 17.5 Å². The largest absolute Gasteiger partial charge is 0.379 e. The van der Waals surface area contributed by atoms with E-state index in [9.17, 15) is 4.39 Å². The second-order valence-corrected chi connectivity index (χ2v) is 6.48. The first-order valence-electron chi connectivity index (χ1n) is 8.68. The summed E-state index contributed by atoms with van der Waals surface area (Å²) in [5.74, 6) is -0.177. The average molecular weight is 323 g/mol. The maximum Gasteiger partial charge on any atom is 0.123 e. The number of rotatable bonds is 4. The Balaban J connectivity index is 1.54. The Bertz CT molecular complexity index is 762. The summed E-state index contributed by atoms with van der Waals surface area (Å²) in [6.45, 7) is 4.84. The van der Waals surface area contributed by atoms with Gasteiger partial charge in [0.1, 0.15) is 5.82 Å². The summed E-state index contributed by atoms with van der Waals surface area (Å²) >= 11 is 0. The molecule has 0 radical (unpaired) electrons. The van der Waals surface area contributed by atoms with E-state index < -0.39 is 0 Å². The van der Waals surface area contributed by atoms with Gasteiger partial charge in [0.2, 0.25) is 0 Å². The molecule has 1 aliphatic carbocycles. The maximum atomic E-state index is 13.6. The first-order chi connectivity index (χ1) is 11.8. The Morgan fingerprint density at radius 1 is 1.00 bits per heavy atom. The summed E-state index contributed by atoms with van der Waals surface area (Å²) in [5.41, 5.74) is 6.22. The molecule has 2 nitrogen and oxygen atoms in total. The highest BCUT2D eigenvalue weighted by Gasteiger charge is 2.19. The van der Waals surface area contributed by atoms with E-state index in [4.69, 9.17) is 4.74 Å². The lowest BCUT2D eigenvalue weighted by atomic mass is 9.94. The highest BCUT2D eigenvalue weighted by atomic mass is 19.1. The third kappa shape index (κ3) is 3.14. The van der Waals surface area contributed by atoms with Crippen LogP contribution >= 0.6 is 0 Å². The molecule has 3 heteroatoms. The summed E-state index contributed by atoms with van der Waals surface area (Å²) in [4.78, 5) is 2.47. The standard InChI is InChI=1S/C21H22FNO/c22-18-4-1-3-17(15-18)20-6-2-5-19-16(7-8-21(19)20)9-10-23-11-13-24-14-12-23/h1-7,15H,8-14H2. The molecular weight excluding hydrogens is 301 g/mol. The molecule has 0 spiro atoms. The molecule has 1 aliphatic heterocycles. The quantitative estimate of drug-likeness (QED) is 0.838. The van der Waals surface area contributed by atoms with Gasteiger partial charge in [-0.05, 0) is 52.8 Å². The van der Waals surface area contributed by atoms with Gasteiger partial charge in [-0.3, -0.25) is 4.90 Å². The molecule has 0 saturated carbocycles. The molecule has 4 rings (SSSR count). The van der Waals surface area contributed by atoms with Crippen molar-refractivity contribution in [2.24, 2.45) is 0 Å². The Hall–Kier alpha value is -1.97. The SMILES string of the molecule is Fc1cccc(-c2cccc3c2CC=C3CCN2CCOCC2)c1. The van der Waals surface area contributed by atoms with Gasteiger partial charge in [0.15, 0.2) is 0 Å². The van der Waals surface area contributed by atoms with Crippen molar-refractivity contribution in [3.8, 4) is 11.1 Å². The van der Waals surface area contributed by atoms with Crippen LogP contribution in [0.3, 0.4) is 0 Å². The van der Waals surface area contributed by atoms with Crippen LogP contribution in [0.5, 0.6) is 0 Å². The van der Waals surface area contributed by atoms with E-state index in [-0.39, 0.29) is 5.82 Å². The molecule has 2 aliphatic rings. The highest BCUT2D eigenvalue weighted by Crippen LogP contribution is 2.36. The van der Waals surface area contributed by atoms with E-state index in [1.807, 2.05) is 6.07 Å². The van der Waals surface area contributed by atoms with E-state index >= 15 is 0 Å². The molecule has 1 heterocycles. The minimum atomic E-state index is -0.177. The van der Waals surface area contributed by atoms with Gasteiger partial charge in [0, 0.05) is 19.6 Å². The second-order valence-electron chi connectivity index (χ2n) is 6.48. The molecule has 0 atom stereocenters. The fourth-order valence-corrected chi connectivity index (χ4v) is 3.71. The van der Waals surface area contributed by atoms with Crippen molar-refractivity contribution >= 4 is 5.57 Å². The molecule has 2 aromatic carbocycles. The third-order valence-electron chi connectivity index (χ3n) is 5.01. The van der Waals surface area contributed by atoms with Gasteiger partial charge in [-0.25, -0.2) is 4.39 Å². The van der Waals surface area contributed by atoms with Crippen LogP contribution in [0.25, 0.3) is 16.7 Å². The van der Waals surface area contributed by atoms with Crippen molar-refractivity contribution < 1.29 is 9.13 Å². The summed E-state index contributed by atoms with van der Waals surface area (Å²) in [6, 6.07) is 13.3. The number of morpholine rings is 1. The first kappa shape index (κ1) is 15.6. The lowest BCUT2D eigenvalue weighted by Crippen LogP contribution is -2.36. The fraction of sp³-hybridized carbons (Fsp3) is 0.333. The average Bonchev–Trinajstić information content (AvgIpc) is 3.04. The van der Waals surface area contributed by atoms with Gasteiger partial charge in [-0.1, -0.05) is 36.4 Å². The van der Waals surface area contributed by atoms with Gasteiger partial charge < -0.3 is 4.74 Å². The van der Waals surface area contributed by atoms with Crippen LogP contribution < -0.4 is 0 Å². The lowest BCUT2D eigenvalue weighted by Gasteiger charge is -2.26. The van der Waals surface area contributed by atoms with Crippen LogP contribution in [0.2, 0.25) is 0 Å². The van der Waals surface area contributed by atoms with Crippen molar-refractivity contribution in [1.82, 2.24) is 4.90 Å². The Labute approximate surface area is 142 Å². The summed E-state index contributed by atoms with van der Waals surface area (Å²) in [6.07, 6.45) is 4.36. The van der Waals surface area contributed by atoms with Crippen LogP contribution in [-0.2, 0) is 11.2 Å². The van der Waals surface area contributed by atoms with Crippen molar-refractivity contribution in [2.45, 2.75) is 12.8 Å². The van der Waals surface area contributed by atoms with Crippen LogP contribution in [-0.4, -0.2) is 37.7 Å². The van der Waals surface area contributed by atoms with Crippen LogP contribution in [0, 0.1) is 5.82 Å². The predicted molar refractivity (Wildman–Crippen MR) is 95.4 cm³/mol. The van der Waals surface area contributed by atoms with Crippen molar-refractivity contribution in [3.05, 3.63) is 65.5 Å². The summed E-state index contributed by atoms with van der Waals surface area (Å²) in [7, 11) is 0. The molecule has 0 N–H and O–H groups in total. The smallest absolute Gasteiger partial charge is 0.123 e. The number of halogens is 1. The third-order valence-corrected chi connectivity index (χ3v) is 5.01. The number of ether oxygens (including phenoxy) is 1. The monoisotopic (exact) mass is 323 g/mol. The van der Waals surface area contributed by atoms with Crippen LogP contribution in [0.15, 0.2) is 48.5 Å². The van der Waals surface area contributed by atoms with Crippen molar-refractivity contribution in [2.75, 3.05) is 32.8 Å².